The highest BCUT2D eigenvalue weighted by Gasteiger charge is 2.48. The van der Waals surface area contributed by atoms with Crippen LogP contribution in [0.4, 0.5) is 16.2 Å². The molecule has 28 heavy (non-hydrogen) atoms. The first kappa shape index (κ1) is 18.5. The number of hydrogen-bond acceptors (Lipinski definition) is 3. The molecule has 1 unspecified atom stereocenters. The van der Waals surface area contributed by atoms with E-state index in [2.05, 4.69) is 10.2 Å². The van der Waals surface area contributed by atoms with Gasteiger partial charge in [0.2, 0.25) is 5.91 Å². The minimum absolute atomic E-state index is 0.0842. The van der Waals surface area contributed by atoms with Crippen molar-refractivity contribution in [3.05, 3.63) is 60.2 Å². The molecule has 2 aliphatic heterocycles. The number of rotatable bonds is 2. The Bertz CT molecular complexity index is 885. The van der Waals surface area contributed by atoms with Gasteiger partial charge in [-0.1, -0.05) is 30.3 Å². The summed E-state index contributed by atoms with van der Waals surface area (Å²) in [5, 5.41) is 3.00. The molecule has 2 heterocycles. The van der Waals surface area contributed by atoms with Crippen molar-refractivity contribution in [2.24, 2.45) is 0 Å². The maximum absolute atomic E-state index is 12.8. The number of nitrogens with zero attached hydrogens (tertiary/aromatic N) is 3. The molecule has 2 fully saturated rings. The number of piperazine rings is 1. The zero-order valence-electron chi connectivity index (χ0n) is 16.4. The zero-order chi connectivity index (χ0) is 19.7. The fourth-order valence-corrected chi connectivity index (χ4v) is 4.20. The second-order valence-corrected chi connectivity index (χ2v) is 7.87. The smallest absolute Gasteiger partial charge is 0.321 e. The number of carbonyl (C=O) groups excluding carboxylic acids is 2. The van der Waals surface area contributed by atoms with Gasteiger partial charge in [-0.25, -0.2) is 4.79 Å². The van der Waals surface area contributed by atoms with Crippen LogP contribution in [0.3, 0.4) is 0 Å². The number of likely N-dealkylation sites (tertiary alicyclic amines) is 1. The topological polar surface area (TPSA) is 55.9 Å². The number of anilines is 2. The molecule has 0 radical (unpaired) electrons. The van der Waals surface area contributed by atoms with Gasteiger partial charge in [-0.15, -0.1) is 0 Å². The van der Waals surface area contributed by atoms with E-state index in [-0.39, 0.29) is 17.5 Å². The summed E-state index contributed by atoms with van der Waals surface area (Å²) in [6, 6.07) is 17.5. The Kier molecular flexibility index (Phi) is 4.81. The van der Waals surface area contributed by atoms with Gasteiger partial charge in [-0.2, -0.15) is 0 Å². The van der Waals surface area contributed by atoms with Crippen LogP contribution in [0, 0.1) is 6.92 Å². The fraction of sp³-hybridized carbons (Fsp3) is 0.364. The van der Waals surface area contributed by atoms with E-state index in [0.29, 0.717) is 26.2 Å². The lowest BCUT2D eigenvalue weighted by atomic mass is 9.92. The largest absolute Gasteiger partial charge is 0.323 e. The van der Waals surface area contributed by atoms with Crippen molar-refractivity contribution < 1.29 is 9.59 Å². The van der Waals surface area contributed by atoms with Crippen LogP contribution in [0.25, 0.3) is 0 Å². The Hall–Kier alpha value is -2.86. The predicted octanol–water partition coefficient (Wildman–Crippen LogP) is 2.95. The Morgan fingerprint density at radius 3 is 2.61 bits per heavy atom. The summed E-state index contributed by atoms with van der Waals surface area (Å²) in [5.74, 6) is 0.0991. The number of benzene rings is 2. The molecule has 4 rings (SSSR count). The summed E-state index contributed by atoms with van der Waals surface area (Å²) in [6.45, 7) is 4.26. The van der Waals surface area contributed by atoms with E-state index in [1.54, 1.807) is 0 Å². The van der Waals surface area contributed by atoms with Crippen molar-refractivity contribution in [1.82, 2.24) is 9.80 Å². The standard InChI is InChI=1S/C22H26N4O2/c1-17-7-6-8-18(13-17)23-21(28)25-12-11-22(15-25)16-26(20(27)14-24(22)2)19-9-4-3-5-10-19/h3-10,13H,11-12,14-16H2,1-2H3,(H,23,28). The minimum atomic E-state index is -0.215. The first-order valence-corrected chi connectivity index (χ1v) is 9.66. The molecule has 1 spiro atoms. The van der Waals surface area contributed by atoms with Crippen molar-refractivity contribution in [2.45, 2.75) is 18.9 Å². The molecule has 2 aliphatic rings. The van der Waals surface area contributed by atoms with E-state index < -0.39 is 0 Å². The van der Waals surface area contributed by atoms with Crippen LogP contribution in [0.1, 0.15) is 12.0 Å². The minimum Gasteiger partial charge on any atom is -0.323 e. The maximum Gasteiger partial charge on any atom is 0.321 e. The van der Waals surface area contributed by atoms with Crippen molar-refractivity contribution in [3.63, 3.8) is 0 Å². The molecule has 1 N–H and O–H groups in total. The van der Waals surface area contributed by atoms with Crippen molar-refractivity contribution in [2.75, 3.05) is 43.4 Å². The van der Waals surface area contributed by atoms with Crippen LogP contribution in [0.15, 0.2) is 54.6 Å². The van der Waals surface area contributed by atoms with Crippen molar-refractivity contribution in [1.29, 1.82) is 0 Å². The summed E-state index contributed by atoms with van der Waals surface area (Å²) >= 11 is 0. The highest BCUT2D eigenvalue weighted by molar-refractivity contribution is 5.96. The molecule has 3 amide bonds. The molecule has 0 saturated carbocycles. The molecular formula is C22H26N4O2. The first-order chi connectivity index (χ1) is 13.5. The lowest BCUT2D eigenvalue weighted by Crippen LogP contribution is -2.64. The lowest BCUT2D eigenvalue weighted by Gasteiger charge is -2.46. The van der Waals surface area contributed by atoms with Gasteiger partial charge in [-0.3, -0.25) is 9.69 Å². The first-order valence-electron chi connectivity index (χ1n) is 9.66. The van der Waals surface area contributed by atoms with Crippen LogP contribution >= 0.6 is 0 Å². The average Bonchev–Trinajstić information content (AvgIpc) is 3.11. The van der Waals surface area contributed by atoms with Crippen LogP contribution in [0.2, 0.25) is 0 Å². The van der Waals surface area contributed by atoms with E-state index in [9.17, 15) is 9.59 Å². The molecule has 0 bridgehead atoms. The molecule has 146 valence electrons. The van der Waals surface area contributed by atoms with Crippen molar-refractivity contribution in [3.8, 4) is 0 Å². The summed E-state index contributed by atoms with van der Waals surface area (Å²) in [6.07, 6.45) is 0.849. The van der Waals surface area contributed by atoms with Crippen LogP contribution in [-0.2, 0) is 4.79 Å². The Labute approximate surface area is 165 Å². The number of nitrogens with one attached hydrogen (secondary N) is 1. The Morgan fingerprint density at radius 2 is 1.86 bits per heavy atom. The van der Waals surface area contributed by atoms with Gasteiger partial charge in [-0.05, 0) is 50.2 Å². The number of carbonyl (C=O) groups is 2. The highest BCUT2D eigenvalue weighted by atomic mass is 16.2. The van der Waals surface area contributed by atoms with Gasteiger partial charge in [0.15, 0.2) is 0 Å². The Balaban J connectivity index is 1.49. The Morgan fingerprint density at radius 1 is 1.07 bits per heavy atom. The van der Waals surface area contributed by atoms with E-state index in [1.807, 2.05) is 78.4 Å². The maximum atomic E-state index is 12.8. The van der Waals surface area contributed by atoms with E-state index in [4.69, 9.17) is 0 Å². The van der Waals surface area contributed by atoms with Crippen LogP contribution in [0.5, 0.6) is 0 Å². The summed E-state index contributed by atoms with van der Waals surface area (Å²) in [7, 11) is 1.99. The normalized spacial score (nSPS) is 22.7. The zero-order valence-corrected chi connectivity index (χ0v) is 16.4. The number of aryl methyl sites for hydroxylation is 1. The van der Waals surface area contributed by atoms with Crippen molar-refractivity contribution >= 4 is 23.3 Å². The van der Waals surface area contributed by atoms with Crippen LogP contribution in [-0.4, -0.2) is 60.5 Å². The third-order valence-electron chi connectivity index (χ3n) is 5.89. The van der Waals surface area contributed by atoms with Gasteiger partial charge in [0.05, 0.1) is 12.1 Å². The number of para-hydroxylation sites is 1. The molecule has 2 saturated heterocycles. The van der Waals surface area contributed by atoms with Gasteiger partial charge in [0.1, 0.15) is 0 Å². The SMILES string of the molecule is Cc1cccc(NC(=O)N2CCC3(C2)CN(c2ccccc2)C(=O)CN3C)c1. The monoisotopic (exact) mass is 378 g/mol. The molecular weight excluding hydrogens is 352 g/mol. The quantitative estimate of drug-likeness (QED) is 0.874. The fourth-order valence-electron chi connectivity index (χ4n) is 4.20. The summed E-state index contributed by atoms with van der Waals surface area (Å²) < 4.78 is 0. The van der Waals surface area contributed by atoms with E-state index in [1.165, 1.54) is 0 Å². The summed E-state index contributed by atoms with van der Waals surface area (Å²) in [5.41, 5.74) is 2.62. The van der Waals surface area contributed by atoms with Crippen LogP contribution < -0.4 is 10.2 Å². The molecule has 6 nitrogen and oxygen atoms in total. The molecule has 6 heteroatoms. The van der Waals surface area contributed by atoms with Gasteiger partial charge >= 0.3 is 6.03 Å². The number of hydrogen-bond donors (Lipinski definition) is 1. The van der Waals surface area contributed by atoms with Gasteiger partial charge in [0.25, 0.3) is 0 Å². The highest BCUT2D eigenvalue weighted by Crippen LogP contribution is 2.33. The second-order valence-electron chi connectivity index (χ2n) is 7.87. The van der Waals surface area contributed by atoms with Gasteiger partial charge in [0, 0.05) is 31.0 Å². The van der Waals surface area contributed by atoms with E-state index in [0.717, 1.165) is 23.4 Å². The third kappa shape index (κ3) is 3.47. The molecule has 2 aromatic rings. The second kappa shape index (κ2) is 7.28. The number of likely N-dealkylation sites (N-methyl/N-ethyl adjacent to an activating group) is 1. The molecule has 0 aromatic heterocycles. The third-order valence-corrected chi connectivity index (χ3v) is 5.89. The summed E-state index contributed by atoms with van der Waals surface area (Å²) in [4.78, 5) is 31.3. The number of urea groups is 1. The number of amides is 3. The average molecular weight is 378 g/mol. The molecule has 2 aromatic carbocycles. The predicted molar refractivity (Wildman–Crippen MR) is 111 cm³/mol. The lowest BCUT2D eigenvalue weighted by molar-refractivity contribution is -0.123. The molecule has 1 atom stereocenters. The van der Waals surface area contributed by atoms with E-state index >= 15 is 0 Å². The van der Waals surface area contributed by atoms with Gasteiger partial charge < -0.3 is 15.1 Å². The molecule has 0 aliphatic carbocycles.